The van der Waals surface area contributed by atoms with Crippen molar-refractivity contribution < 1.29 is 9.53 Å². The molecule has 2 atom stereocenters. The summed E-state index contributed by atoms with van der Waals surface area (Å²) in [6.45, 7) is 6.26. The van der Waals surface area contributed by atoms with Crippen LogP contribution in [0.5, 0.6) is 5.75 Å². The van der Waals surface area contributed by atoms with Crippen LogP contribution in [-0.2, 0) is 4.79 Å². The van der Waals surface area contributed by atoms with E-state index in [1.807, 2.05) is 0 Å². The van der Waals surface area contributed by atoms with Gasteiger partial charge in [0, 0.05) is 12.2 Å². The Morgan fingerprint density at radius 3 is 2.68 bits per heavy atom. The SMILES string of the molecule is CC1Oc2ccc(N)cc2N(C(CN)C(C)C)C1=O. The van der Waals surface area contributed by atoms with E-state index < -0.39 is 6.10 Å². The van der Waals surface area contributed by atoms with Gasteiger partial charge in [0.2, 0.25) is 0 Å². The van der Waals surface area contributed by atoms with Gasteiger partial charge in [-0.25, -0.2) is 0 Å². The van der Waals surface area contributed by atoms with Gasteiger partial charge in [-0.15, -0.1) is 0 Å². The number of anilines is 2. The lowest BCUT2D eigenvalue weighted by atomic mass is 9.99. The second-order valence-corrected chi connectivity index (χ2v) is 5.24. The van der Waals surface area contributed by atoms with Crippen LogP contribution < -0.4 is 21.1 Å². The molecule has 2 rings (SSSR count). The minimum Gasteiger partial charge on any atom is -0.479 e. The number of nitrogen functional groups attached to an aromatic ring is 1. The van der Waals surface area contributed by atoms with Crippen LogP contribution in [0.15, 0.2) is 18.2 Å². The molecule has 1 aromatic rings. The maximum Gasteiger partial charge on any atom is 0.268 e. The van der Waals surface area contributed by atoms with Crippen LogP contribution in [0, 0.1) is 5.92 Å². The highest BCUT2D eigenvalue weighted by molar-refractivity contribution is 6.00. The number of amides is 1. The van der Waals surface area contributed by atoms with Gasteiger partial charge in [-0.1, -0.05) is 13.8 Å². The molecule has 1 aromatic carbocycles. The van der Waals surface area contributed by atoms with Crippen molar-refractivity contribution in [1.82, 2.24) is 0 Å². The molecule has 4 N–H and O–H groups in total. The molecular formula is C14H21N3O2. The molecule has 2 unspecified atom stereocenters. The maximum absolute atomic E-state index is 12.4. The zero-order valence-electron chi connectivity index (χ0n) is 11.6. The van der Waals surface area contributed by atoms with Gasteiger partial charge in [-0.05, 0) is 31.0 Å². The molecule has 5 nitrogen and oxygen atoms in total. The van der Waals surface area contributed by atoms with Gasteiger partial charge in [0.1, 0.15) is 5.75 Å². The third-order valence-corrected chi connectivity index (χ3v) is 3.47. The van der Waals surface area contributed by atoms with Gasteiger partial charge >= 0.3 is 0 Å². The lowest BCUT2D eigenvalue weighted by molar-refractivity contribution is -0.126. The first kappa shape index (κ1) is 13.7. The van der Waals surface area contributed by atoms with E-state index in [4.69, 9.17) is 16.2 Å². The summed E-state index contributed by atoms with van der Waals surface area (Å²) in [7, 11) is 0. The first-order chi connectivity index (χ1) is 8.95. The van der Waals surface area contributed by atoms with Crippen molar-refractivity contribution in [2.24, 2.45) is 11.7 Å². The second kappa shape index (κ2) is 5.09. The van der Waals surface area contributed by atoms with Gasteiger partial charge in [0.15, 0.2) is 6.10 Å². The number of ether oxygens (including phenoxy) is 1. The number of carbonyl (C=O) groups is 1. The summed E-state index contributed by atoms with van der Waals surface area (Å²) in [5, 5.41) is 0. The molecule has 1 aliphatic rings. The number of hydrogen-bond acceptors (Lipinski definition) is 4. The Balaban J connectivity index is 2.52. The van der Waals surface area contributed by atoms with Crippen molar-refractivity contribution in [3.63, 3.8) is 0 Å². The third kappa shape index (κ3) is 2.38. The number of benzene rings is 1. The zero-order valence-corrected chi connectivity index (χ0v) is 11.6. The normalized spacial score (nSPS) is 20.2. The standard InChI is InChI=1S/C14H21N3O2/c1-8(2)12(7-15)17-11-6-10(16)4-5-13(11)19-9(3)14(17)18/h4-6,8-9,12H,7,15-16H2,1-3H3. The van der Waals surface area contributed by atoms with Crippen LogP contribution >= 0.6 is 0 Å². The van der Waals surface area contributed by atoms with Crippen molar-refractivity contribution in [1.29, 1.82) is 0 Å². The molecule has 19 heavy (non-hydrogen) atoms. The molecule has 1 amide bonds. The van der Waals surface area contributed by atoms with Crippen molar-refractivity contribution >= 4 is 17.3 Å². The molecule has 0 bridgehead atoms. The van der Waals surface area contributed by atoms with E-state index in [0.29, 0.717) is 23.7 Å². The highest BCUT2D eigenvalue weighted by atomic mass is 16.5. The summed E-state index contributed by atoms with van der Waals surface area (Å²) in [5.41, 5.74) is 13.0. The first-order valence-electron chi connectivity index (χ1n) is 6.55. The highest BCUT2D eigenvalue weighted by Gasteiger charge is 2.36. The van der Waals surface area contributed by atoms with Gasteiger partial charge in [0.25, 0.3) is 5.91 Å². The van der Waals surface area contributed by atoms with Gasteiger partial charge < -0.3 is 21.1 Å². The smallest absolute Gasteiger partial charge is 0.268 e. The lowest BCUT2D eigenvalue weighted by Crippen LogP contribution is -2.54. The molecule has 0 fully saturated rings. The van der Waals surface area contributed by atoms with Crippen LogP contribution in [0.2, 0.25) is 0 Å². The quantitative estimate of drug-likeness (QED) is 0.807. The molecule has 0 spiro atoms. The number of fused-ring (bicyclic) bond motifs is 1. The monoisotopic (exact) mass is 263 g/mol. The van der Waals surface area contributed by atoms with E-state index in [0.717, 1.165) is 0 Å². The molecular weight excluding hydrogens is 242 g/mol. The second-order valence-electron chi connectivity index (χ2n) is 5.24. The van der Waals surface area contributed by atoms with Gasteiger partial charge in [0.05, 0.1) is 11.7 Å². The van der Waals surface area contributed by atoms with Gasteiger partial charge in [-0.2, -0.15) is 0 Å². The van der Waals surface area contributed by atoms with Crippen LogP contribution in [-0.4, -0.2) is 24.6 Å². The van der Waals surface area contributed by atoms with E-state index in [9.17, 15) is 4.79 Å². The molecule has 0 radical (unpaired) electrons. The molecule has 1 heterocycles. The predicted octanol–water partition coefficient (Wildman–Crippen LogP) is 1.37. The number of nitrogens with zero attached hydrogens (tertiary/aromatic N) is 1. The van der Waals surface area contributed by atoms with Crippen molar-refractivity contribution in [3.8, 4) is 5.75 Å². The maximum atomic E-state index is 12.4. The number of nitrogens with two attached hydrogens (primary N) is 2. The molecule has 104 valence electrons. The fourth-order valence-corrected chi connectivity index (χ4v) is 2.40. The van der Waals surface area contributed by atoms with E-state index in [2.05, 4.69) is 13.8 Å². The Bertz CT molecular complexity index is 488. The average molecular weight is 263 g/mol. The fourth-order valence-electron chi connectivity index (χ4n) is 2.40. The van der Waals surface area contributed by atoms with Crippen LogP contribution in [0.1, 0.15) is 20.8 Å². The Labute approximate surface area is 113 Å². The third-order valence-electron chi connectivity index (χ3n) is 3.47. The topological polar surface area (TPSA) is 81.6 Å². The van der Waals surface area contributed by atoms with E-state index in [-0.39, 0.29) is 17.9 Å². The van der Waals surface area contributed by atoms with Crippen LogP contribution in [0.25, 0.3) is 0 Å². The molecule has 0 aliphatic carbocycles. The lowest BCUT2D eigenvalue weighted by Gasteiger charge is -2.39. The summed E-state index contributed by atoms with van der Waals surface area (Å²) in [6.07, 6.45) is -0.496. The summed E-state index contributed by atoms with van der Waals surface area (Å²) in [5.74, 6) is 0.871. The average Bonchev–Trinajstić information content (AvgIpc) is 2.35. The zero-order chi connectivity index (χ0) is 14.2. The summed E-state index contributed by atoms with van der Waals surface area (Å²) >= 11 is 0. The summed E-state index contributed by atoms with van der Waals surface area (Å²) < 4.78 is 5.62. The molecule has 5 heteroatoms. The largest absolute Gasteiger partial charge is 0.479 e. The Morgan fingerprint density at radius 2 is 2.11 bits per heavy atom. The van der Waals surface area contributed by atoms with Crippen molar-refractivity contribution in [2.75, 3.05) is 17.2 Å². The Kier molecular flexibility index (Phi) is 3.66. The Morgan fingerprint density at radius 1 is 1.42 bits per heavy atom. The number of carbonyl (C=O) groups excluding carboxylic acids is 1. The Hall–Kier alpha value is -1.75. The molecule has 1 aliphatic heterocycles. The molecule has 0 saturated heterocycles. The summed E-state index contributed by atoms with van der Waals surface area (Å²) in [6, 6.07) is 5.28. The minimum absolute atomic E-state index is 0.0561. The fraction of sp³-hybridized carbons (Fsp3) is 0.500. The molecule has 0 aromatic heterocycles. The molecule has 0 saturated carbocycles. The van der Waals surface area contributed by atoms with E-state index in [1.54, 1.807) is 30.0 Å². The van der Waals surface area contributed by atoms with Crippen LogP contribution in [0.3, 0.4) is 0 Å². The number of rotatable bonds is 3. The predicted molar refractivity (Wildman–Crippen MR) is 76.1 cm³/mol. The van der Waals surface area contributed by atoms with E-state index >= 15 is 0 Å². The first-order valence-corrected chi connectivity index (χ1v) is 6.55. The van der Waals surface area contributed by atoms with E-state index in [1.165, 1.54) is 0 Å². The number of hydrogen-bond donors (Lipinski definition) is 2. The van der Waals surface area contributed by atoms with Crippen molar-refractivity contribution in [2.45, 2.75) is 32.9 Å². The summed E-state index contributed by atoms with van der Waals surface area (Å²) in [4.78, 5) is 14.1. The van der Waals surface area contributed by atoms with Crippen molar-refractivity contribution in [3.05, 3.63) is 18.2 Å². The van der Waals surface area contributed by atoms with Gasteiger partial charge in [-0.3, -0.25) is 4.79 Å². The minimum atomic E-state index is -0.496. The van der Waals surface area contributed by atoms with Crippen LogP contribution in [0.4, 0.5) is 11.4 Å². The highest BCUT2D eigenvalue weighted by Crippen LogP contribution is 2.37.